The zero-order valence-electron chi connectivity index (χ0n) is 8.61. The van der Waals surface area contributed by atoms with Gasteiger partial charge in [0.2, 0.25) is 0 Å². The van der Waals surface area contributed by atoms with Crippen LogP contribution in [0.1, 0.15) is 13.3 Å². The van der Waals surface area contributed by atoms with Crippen LogP contribution in [0.5, 0.6) is 0 Å². The number of aliphatic hydroxyl groups is 3. The van der Waals surface area contributed by atoms with Gasteiger partial charge in [-0.25, -0.2) is 0 Å². The number of hydrogen-bond donors (Lipinski definition) is 3. The smallest absolute Gasteiger partial charge is 0.146 e. The lowest BCUT2D eigenvalue weighted by atomic mass is 9.88. The average Bonchev–Trinajstić information content (AvgIpc) is 2.24. The highest BCUT2D eigenvalue weighted by Crippen LogP contribution is 2.19. The third kappa shape index (κ3) is 4.88. The molecular formula is C9H20O5. The quantitative estimate of drug-likeness (QED) is 0.346. The van der Waals surface area contributed by atoms with Crippen molar-refractivity contribution in [2.75, 3.05) is 39.8 Å². The van der Waals surface area contributed by atoms with Crippen LogP contribution >= 0.6 is 0 Å². The summed E-state index contributed by atoms with van der Waals surface area (Å²) in [7, 11) is 0. The van der Waals surface area contributed by atoms with Gasteiger partial charge in [0.15, 0.2) is 0 Å². The Kier molecular flexibility index (Phi) is 8.02. The van der Waals surface area contributed by atoms with E-state index in [0.29, 0.717) is 19.6 Å². The Hall–Kier alpha value is -0.200. The van der Waals surface area contributed by atoms with Crippen LogP contribution in [0.25, 0.3) is 0 Å². The van der Waals surface area contributed by atoms with E-state index in [1.54, 1.807) is 0 Å². The number of hydrogen-bond acceptors (Lipinski definition) is 5. The van der Waals surface area contributed by atoms with Crippen molar-refractivity contribution in [3.05, 3.63) is 0 Å². The standard InChI is InChI=1S/C9H20O5/c1-2-13-8-14-4-3-9(5-10,6-11)7-12/h10-12H,2-8H2,1H3. The summed E-state index contributed by atoms with van der Waals surface area (Å²) in [6.45, 7) is 2.25. The van der Waals surface area contributed by atoms with E-state index in [1.165, 1.54) is 0 Å². The van der Waals surface area contributed by atoms with Crippen LogP contribution in [0.2, 0.25) is 0 Å². The second-order valence-corrected chi connectivity index (χ2v) is 3.24. The van der Waals surface area contributed by atoms with Crippen LogP contribution in [-0.2, 0) is 9.47 Å². The van der Waals surface area contributed by atoms with E-state index in [0.717, 1.165) is 0 Å². The van der Waals surface area contributed by atoms with E-state index in [-0.39, 0.29) is 26.6 Å². The van der Waals surface area contributed by atoms with Crippen molar-refractivity contribution in [3.8, 4) is 0 Å². The molecule has 0 heterocycles. The van der Waals surface area contributed by atoms with E-state index < -0.39 is 5.41 Å². The molecule has 0 radical (unpaired) electrons. The maximum absolute atomic E-state index is 8.97. The van der Waals surface area contributed by atoms with Crippen molar-refractivity contribution in [3.63, 3.8) is 0 Å². The van der Waals surface area contributed by atoms with Crippen molar-refractivity contribution in [2.45, 2.75) is 13.3 Å². The van der Waals surface area contributed by atoms with Crippen LogP contribution < -0.4 is 0 Å². The normalized spacial score (nSPS) is 12.0. The molecule has 0 amide bonds. The van der Waals surface area contributed by atoms with Crippen molar-refractivity contribution < 1.29 is 24.8 Å². The lowest BCUT2D eigenvalue weighted by molar-refractivity contribution is -0.0743. The summed E-state index contributed by atoms with van der Waals surface area (Å²) >= 11 is 0. The molecule has 0 spiro atoms. The molecule has 0 rings (SSSR count). The molecule has 0 atom stereocenters. The number of ether oxygens (including phenoxy) is 2. The third-order valence-electron chi connectivity index (χ3n) is 2.15. The highest BCUT2D eigenvalue weighted by atomic mass is 16.7. The molecule has 0 aliphatic heterocycles. The molecule has 0 fully saturated rings. The molecule has 86 valence electrons. The Balaban J connectivity index is 3.61. The molecule has 0 aromatic rings. The predicted octanol–water partition coefficient (Wildman–Crippen LogP) is -0.650. The zero-order valence-corrected chi connectivity index (χ0v) is 8.61. The molecule has 14 heavy (non-hydrogen) atoms. The molecule has 0 aliphatic rings. The van der Waals surface area contributed by atoms with Crippen LogP contribution in [0.4, 0.5) is 0 Å². The van der Waals surface area contributed by atoms with Gasteiger partial charge in [-0.3, -0.25) is 0 Å². The highest BCUT2D eigenvalue weighted by Gasteiger charge is 2.27. The van der Waals surface area contributed by atoms with Gasteiger partial charge in [0.25, 0.3) is 0 Å². The molecule has 0 bridgehead atoms. The maximum Gasteiger partial charge on any atom is 0.146 e. The van der Waals surface area contributed by atoms with Crippen LogP contribution in [0, 0.1) is 5.41 Å². The van der Waals surface area contributed by atoms with Gasteiger partial charge in [0.05, 0.1) is 26.4 Å². The first-order valence-corrected chi connectivity index (χ1v) is 4.72. The van der Waals surface area contributed by atoms with Crippen molar-refractivity contribution >= 4 is 0 Å². The molecular weight excluding hydrogens is 188 g/mol. The van der Waals surface area contributed by atoms with Crippen molar-refractivity contribution in [2.24, 2.45) is 5.41 Å². The Morgan fingerprint density at radius 1 is 1.00 bits per heavy atom. The lowest BCUT2D eigenvalue weighted by Crippen LogP contribution is -2.35. The second kappa shape index (κ2) is 8.14. The first-order valence-electron chi connectivity index (χ1n) is 4.72. The van der Waals surface area contributed by atoms with E-state index in [4.69, 9.17) is 24.8 Å². The van der Waals surface area contributed by atoms with Gasteiger partial charge < -0.3 is 24.8 Å². The molecule has 0 aromatic carbocycles. The van der Waals surface area contributed by atoms with Crippen LogP contribution in [-0.4, -0.2) is 55.1 Å². The SMILES string of the molecule is CCOCOCCC(CO)(CO)CO. The summed E-state index contributed by atoms with van der Waals surface area (Å²) < 4.78 is 10.0. The summed E-state index contributed by atoms with van der Waals surface area (Å²) in [5.41, 5.74) is -0.841. The van der Waals surface area contributed by atoms with Gasteiger partial charge in [-0.15, -0.1) is 0 Å². The molecule has 0 saturated heterocycles. The monoisotopic (exact) mass is 208 g/mol. The molecule has 5 nitrogen and oxygen atoms in total. The maximum atomic E-state index is 8.97. The number of aliphatic hydroxyl groups excluding tert-OH is 3. The fourth-order valence-corrected chi connectivity index (χ4v) is 0.877. The third-order valence-corrected chi connectivity index (χ3v) is 2.15. The molecule has 0 saturated carbocycles. The minimum Gasteiger partial charge on any atom is -0.396 e. The van der Waals surface area contributed by atoms with E-state index in [1.807, 2.05) is 6.92 Å². The van der Waals surface area contributed by atoms with Gasteiger partial charge in [-0.1, -0.05) is 0 Å². The molecule has 0 aromatic heterocycles. The second-order valence-electron chi connectivity index (χ2n) is 3.24. The molecule has 3 N–H and O–H groups in total. The summed E-state index contributed by atoms with van der Waals surface area (Å²) in [5.74, 6) is 0. The van der Waals surface area contributed by atoms with Gasteiger partial charge in [0.1, 0.15) is 6.79 Å². The zero-order chi connectivity index (χ0) is 10.9. The minimum absolute atomic E-state index is 0.203. The molecule has 0 aliphatic carbocycles. The van der Waals surface area contributed by atoms with Crippen molar-refractivity contribution in [1.82, 2.24) is 0 Å². The Bertz CT molecular complexity index is 116. The highest BCUT2D eigenvalue weighted by molar-refractivity contribution is 4.76. The Morgan fingerprint density at radius 3 is 2.00 bits per heavy atom. The fraction of sp³-hybridized carbons (Fsp3) is 1.00. The van der Waals surface area contributed by atoms with Crippen LogP contribution in [0.15, 0.2) is 0 Å². The van der Waals surface area contributed by atoms with Gasteiger partial charge in [-0.2, -0.15) is 0 Å². The minimum atomic E-state index is -0.841. The Labute approximate surface area is 84.3 Å². The number of rotatable bonds is 9. The van der Waals surface area contributed by atoms with E-state index in [2.05, 4.69) is 0 Å². The predicted molar refractivity (Wildman–Crippen MR) is 50.8 cm³/mol. The summed E-state index contributed by atoms with van der Waals surface area (Å²) in [5, 5.41) is 26.9. The first-order chi connectivity index (χ1) is 6.74. The summed E-state index contributed by atoms with van der Waals surface area (Å²) in [6.07, 6.45) is 0.406. The lowest BCUT2D eigenvalue weighted by Gasteiger charge is -2.26. The van der Waals surface area contributed by atoms with Gasteiger partial charge >= 0.3 is 0 Å². The summed E-state index contributed by atoms with van der Waals surface area (Å²) in [4.78, 5) is 0. The van der Waals surface area contributed by atoms with E-state index in [9.17, 15) is 0 Å². The van der Waals surface area contributed by atoms with Gasteiger partial charge in [0, 0.05) is 12.0 Å². The summed E-state index contributed by atoms with van der Waals surface area (Å²) in [6, 6.07) is 0. The molecule has 5 heteroatoms. The largest absolute Gasteiger partial charge is 0.396 e. The average molecular weight is 208 g/mol. The molecule has 0 unspecified atom stereocenters. The van der Waals surface area contributed by atoms with E-state index >= 15 is 0 Å². The first kappa shape index (κ1) is 13.8. The van der Waals surface area contributed by atoms with Gasteiger partial charge in [-0.05, 0) is 13.3 Å². The topological polar surface area (TPSA) is 79.2 Å². The fourth-order valence-electron chi connectivity index (χ4n) is 0.877. The van der Waals surface area contributed by atoms with Crippen molar-refractivity contribution in [1.29, 1.82) is 0 Å². The Morgan fingerprint density at radius 2 is 1.57 bits per heavy atom. The van der Waals surface area contributed by atoms with Crippen LogP contribution in [0.3, 0.4) is 0 Å².